The van der Waals surface area contributed by atoms with Gasteiger partial charge in [-0.25, -0.2) is 0 Å². The zero-order valence-electron chi connectivity index (χ0n) is 33.3. The Balaban J connectivity index is 4.29. The van der Waals surface area contributed by atoms with Gasteiger partial charge < -0.3 is 28.6 Å². The molecule has 8 heteroatoms. The third-order valence-electron chi connectivity index (χ3n) is 8.71. The summed E-state index contributed by atoms with van der Waals surface area (Å²) in [7, 11) is 5.38. The van der Waals surface area contributed by atoms with Crippen molar-refractivity contribution in [3.05, 3.63) is 48.6 Å². The Bertz CT molecular complexity index is 979. The van der Waals surface area contributed by atoms with E-state index in [-0.39, 0.29) is 49.1 Å². The van der Waals surface area contributed by atoms with Crippen molar-refractivity contribution in [3.63, 3.8) is 0 Å². The van der Waals surface area contributed by atoms with Crippen LogP contribution in [0.4, 0.5) is 0 Å². The molecule has 0 rings (SSSR count). The average Bonchev–Trinajstić information content (AvgIpc) is 3.08. The summed E-state index contributed by atoms with van der Waals surface area (Å²) in [5.41, 5.74) is 0. The fourth-order valence-corrected chi connectivity index (χ4v) is 5.57. The van der Waals surface area contributed by atoms with E-state index in [4.69, 9.17) is 14.2 Å². The van der Waals surface area contributed by atoms with E-state index >= 15 is 0 Å². The Morgan fingerprint density at radius 2 is 1.14 bits per heavy atom. The number of ether oxygens (including phenoxy) is 3. The van der Waals surface area contributed by atoms with Crippen molar-refractivity contribution in [3.8, 4) is 0 Å². The van der Waals surface area contributed by atoms with Crippen LogP contribution in [0.5, 0.6) is 0 Å². The first-order valence-electron chi connectivity index (χ1n) is 20.2. The lowest BCUT2D eigenvalue weighted by Gasteiger charge is -2.34. The summed E-state index contributed by atoms with van der Waals surface area (Å²) in [5.74, 6) is -1.81. The lowest BCUT2D eigenvalue weighted by atomic mass is 10.1. The van der Waals surface area contributed by atoms with E-state index in [1.54, 1.807) is 21.1 Å². The number of quaternary nitrogens is 1. The summed E-state index contributed by atoms with van der Waals surface area (Å²) in [5, 5.41) is 11.6. The number of esters is 2. The number of aliphatic carboxylic acids is 1. The van der Waals surface area contributed by atoms with Crippen LogP contribution < -0.4 is 5.11 Å². The van der Waals surface area contributed by atoms with E-state index in [0.717, 1.165) is 57.8 Å². The quantitative estimate of drug-likeness (QED) is 0.0279. The number of carboxylic acid groups (broad SMARTS) is 1. The second-order valence-electron chi connectivity index (χ2n) is 14.5. The van der Waals surface area contributed by atoms with Gasteiger partial charge in [-0.3, -0.25) is 9.59 Å². The monoisotopic (exact) mass is 718 g/mol. The van der Waals surface area contributed by atoms with Crippen molar-refractivity contribution in [2.24, 2.45) is 0 Å². The molecule has 0 amide bonds. The maximum Gasteiger partial charge on any atom is 0.306 e. The molecule has 0 saturated carbocycles. The van der Waals surface area contributed by atoms with Gasteiger partial charge in [-0.2, -0.15) is 0 Å². The molecule has 0 aromatic heterocycles. The number of nitrogens with zero attached hydrogens (tertiary/aromatic N) is 1. The van der Waals surface area contributed by atoms with E-state index in [0.29, 0.717) is 12.8 Å². The molecule has 0 aliphatic carbocycles. The molecule has 2 atom stereocenters. The second kappa shape index (κ2) is 34.4. The van der Waals surface area contributed by atoms with Gasteiger partial charge in [0.2, 0.25) is 0 Å². The van der Waals surface area contributed by atoms with Gasteiger partial charge >= 0.3 is 11.9 Å². The van der Waals surface area contributed by atoms with Crippen LogP contribution in [0.1, 0.15) is 155 Å². The lowest BCUT2D eigenvalue weighted by molar-refractivity contribution is -0.889. The molecule has 0 spiro atoms. The molecular weight excluding hydrogens is 642 g/mol. The molecule has 0 aliphatic heterocycles. The van der Waals surface area contributed by atoms with Gasteiger partial charge in [0.1, 0.15) is 12.6 Å². The van der Waals surface area contributed by atoms with Crippen molar-refractivity contribution in [1.82, 2.24) is 0 Å². The highest BCUT2D eigenvalue weighted by Crippen LogP contribution is 2.13. The predicted octanol–water partition coefficient (Wildman–Crippen LogP) is 9.13. The highest BCUT2D eigenvalue weighted by Gasteiger charge is 2.25. The predicted molar refractivity (Wildman–Crippen MR) is 208 cm³/mol. The topological polar surface area (TPSA) is 102 Å². The molecule has 0 bridgehead atoms. The van der Waals surface area contributed by atoms with Crippen LogP contribution in [0.2, 0.25) is 0 Å². The third kappa shape index (κ3) is 32.9. The number of hydrogen-bond acceptors (Lipinski definition) is 7. The number of carbonyl (C=O) groups is 3. The number of allylic oxidation sites excluding steroid dienone is 8. The summed E-state index contributed by atoms with van der Waals surface area (Å²) in [6.07, 6.45) is 38.7. The van der Waals surface area contributed by atoms with E-state index in [9.17, 15) is 19.5 Å². The summed E-state index contributed by atoms with van der Waals surface area (Å²) in [6.45, 7) is 4.44. The first-order chi connectivity index (χ1) is 24.6. The minimum Gasteiger partial charge on any atom is -0.544 e. The maximum absolute atomic E-state index is 12.5. The van der Waals surface area contributed by atoms with E-state index in [1.165, 1.54) is 57.8 Å². The first kappa shape index (κ1) is 48.3. The lowest BCUT2D eigenvalue weighted by Crippen LogP contribution is -2.55. The summed E-state index contributed by atoms with van der Waals surface area (Å²) < 4.78 is 17.0. The number of unbranched alkanes of at least 4 members (excludes halogenated alkanes) is 13. The number of hydrogen-bond donors (Lipinski definition) is 0. The van der Waals surface area contributed by atoms with E-state index < -0.39 is 18.1 Å². The van der Waals surface area contributed by atoms with Crippen LogP contribution in [-0.4, -0.2) is 75.5 Å². The van der Waals surface area contributed by atoms with Gasteiger partial charge in [0, 0.05) is 19.3 Å². The molecule has 8 nitrogen and oxygen atoms in total. The Morgan fingerprint density at radius 1 is 0.608 bits per heavy atom. The van der Waals surface area contributed by atoms with Crippen LogP contribution in [0, 0.1) is 0 Å². The van der Waals surface area contributed by atoms with Gasteiger partial charge in [0.25, 0.3) is 0 Å². The van der Waals surface area contributed by atoms with Gasteiger partial charge in [0.15, 0.2) is 6.10 Å². The normalized spacial score (nSPS) is 13.5. The fraction of sp³-hybridized carbons (Fsp3) is 0.744. The maximum atomic E-state index is 12.5. The number of carbonyl (C=O) groups excluding carboxylic acids is 3. The van der Waals surface area contributed by atoms with Crippen LogP contribution in [0.25, 0.3) is 0 Å². The van der Waals surface area contributed by atoms with Crippen LogP contribution in [0.15, 0.2) is 48.6 Å². The summed E-state index contributed by atoms with van der Waals surface area (Å²) in [4.78, 5) is 36.6. The van der Waals surface area contributed by atoms with Gasteiger partial charge in [-0.05, 0) is 57.8 Å². The average molecular weight is 718 g/mol. The smallest absolute Gasteiger partial charge is 0.306 e. The van der Waals surface area contributed by atoms with Crippen LogP contribution in [0.3, 0.4) is 0 Å². The molecule has 0 aromatic rings. The third-order valence-corrected chi connectivity index (χ3v) is 8.71. The molecule has 0 aromatic carbocycles. The van der Waals surface area contributed by atoms with Crippen molar-refractivity contribution >= 4 is 17.9 Å². The first-order valence-corrected chi connectivity index (χ1v) is 20.2. The van der Waals surface area contributed by atoms with Gasteiger partial charge in [0.05, 0.1) is 40.3 Å². The van der Waals surface area contributed by atoms with Gasteiger partial charge in [-0.1, -0.05) is 127 Å². The number of carboxylic acids is 1. The Kier molecular flexibility index (Phi) is 32.6. The largest absolute Gasteiger partial charge is 0.544 e. The Morgan fingerprint density at radius 3 is 1.73 bits per heavy atom. The highest BCUT2D eigenvalue weighted by atomic mass is 16.6. The van der Waals surface area contributed by atoms with Crippen LogP contribution in [-0.2, 0) is 28.6 Å². The fourth-order valence-electron chi connectivity index (χ4n) is 5.57. The standard InChI is InChI=1S/C43H75NO7/c1-6-8-10-12-14-16-17-18-19-20-21-22-23-24-25-26-28-29-31-33-41(45)50-38-39(37-49-36-35-40(43(47)48)44(3,4)5)51-42(46)34-32-30-27-15-13-11-9-7-2/h8,10,14,16,18-19,27,30,39-40H,6-7,9,11-13,15,17,20-26,28-29,31-38H2,1-5H3/b10-8+,16-14+,19-18+,30-27+. The molecule has 294 valence electrons. The molecule has 0 saturated heterocycles. The van der Waals surface area contributed by atoms with Crippen molar-refractivity contribution in [1.29, 1.82) is 0 Å². The second-order valence-corrected chi connectivity index (χ2v) is 14.5. The Labute approximate surface area is 312 Å². The van der Waals surface area contributed by atoms with E-state index in [1.807, 2.05) is 6.08 Å². The number of likely N-dealkylation sites (N-methyl/N-ethyl adjacent to an activating group) is 1. The summed E-state index contributed by atoms with van der Waals surface area (Å²) in [6, 6.07) is -0.730. The van der Waals surface area contributed by atoms with Crippen molar-refractivity contribution < 1.29 is 38.2 Å². The number of rotatable bonds is 35. The highest BCUT2D eigenvalue weighted by molar-refractivity contribution is 5.70. The zero-order valence-corrected chi connectivity index (χ0v) is 33.3. The summed E-state index contributed by atoms with van der Waals surface area (Å²) >= 11 is 0. The molecule has 0 heterocycles. The molecule has 0 aliphatic rings. The van der Waals surface area contributed by atoms with E-state index in [2.05, 4.69) is 56.4 Å². The van der Waals surface area contributed by atoms with Gasteiger partial charge in [-0.15, -0.1) is 0 Å². The molecular formula is C43H75NO7. The Hall–Kier alpha value is -2.71. The SMILES string of the molecule is CC/C=C/C/C=C/C/C=C/CCCCCCCCCCCC(=O)OCC(COCCC(C(=O)[O-])[N+](C)(C)C)OC(=O)CC/C=C/CCCCCC. The molecule has 0 fully saturated rings. The van der Waals surface area contributed by atoms with Crippen molar-refractivity contribution in [2.45, 2.75) is 167 Å². The minimum absolute atomic E-state index is 0.0227. The van der Waals surface area contributed by atoms with Crippen LogP contribution >= 0.6 is 0 Å². The molecule has 51 heavy (non-hydrogen) atoms. The minimum atomic E-state index is -1.13. The zero-order chi connectivity index (χ0) is 37.8. The van der Waals surface area contributed by atoms with Crippen molar-refractivity contribution in [2.75, 3.05) is 41.0 Å². The molecule has 0 radical (unpaired) electrons. The molecule has 2 unspecified atom stereocenters. The molecule has 0 N–H and O–H groups in total.